The normalized spacial score (nSPS) is 16.3. The fourth-order valence-electron chi connectivity index (χ4n) is 2.86. The van der Waals surface area contributed by atoms with Crippen molar-refractivity contribution in [3.05, 3.63) is 71.2 Å². The molecule has 0 aliphatic heterocycles. The number of hydrogen-bond acceptors (Lipinski definition) is 2. The Morgan fingerprint density at radius 2 is 1.90 bits per heavy atom. The van der Waals surface area contributed by atoms with Gasteiger partial charge in [-0.15, -0.1) is 0 Å². The highest BCUT2D eigenvalue weighted by Gasteiger charge is 2.29. The second-order valence-electron chi connectivity index (χ2n) is 5.61. The maximum absolute atomic E-state index is 13.7. The topological polar surface area (TPSA) is 33.4 Å². The molecule has 1 aliphatic carbocycles. The van der Waals surface area contributed by atoms with E-state index in [-0.39, 0.29) is 5.58 Å². The molecule has 1 atom stereocenters. The van der Waals surface area contributed by atoms with Gasteiger partial charge in [-0.3, -0.25) is 0 Å². The summed E-state index contributed by atoms with van der Waals surface area (Å²) in [5.41, 5.74) is 2.24. The van der Waals surface area contributed by atoms with Gasteiger partial charge >= 0.3 is 0 Å². The van der Waals surface area contributed by atoms with Crippen LogP contribution in [-0.4, -0.2) is 5.11 Å². The summed E-state index contributed by atoms with van der Waals surface area (Å²) in [4.78, 5) is 0. The largest absolute Gasteiger partial charge is 0.455 e. The molecule has 21 heavy (non-hydrogen) atoms. The minimum atomic E-state index is -0.853. The van der Waals surface area contributed by atoms with Gasteiger partial charge in [0.25, 0.3) is 0 Å². The molecule has 0 amide bonds. The van der Waals surface area contributed by atoms with E-state index in [1.54, 1.807) is 18.2 Å². The van der Waals surface area contributed by atoms with Crippen LogP contribution in [-0.2, 0) is 0 Å². The molecule has 2 aromatic carbocycles. The van der Waals surface area contributed by atoms with Gasteiger partial charge in [0.1, 0.15) is 11.9 Å². The van der Waals surface area contributed by atoms with Crippen LogP contribution in [0.5, 0.6) is 0 Å². The molecule has 1 fully saturated rings. The van der Waals surface area contributed by atoms with Crippen LogP contribution in [0, 0.1) is 5.82 Å². The Morgan fingerprint density at radius 3 is 2.67 bits per heavy atom. The second kappa shape index (κ2) is 4.71. The molecule has 1 aliphatic rings. The zero-order valence-electron chi connectivity index (χ0n) is 11.4. The molecule has 1 heterocycles. The lowest BCUT2D eigenvalue weighted by Crippen LogP contribution is -2.02. The third kappa shape index (κ3) is 2.14. The van der Waals surface area contributed by atoms with Gasteiger partial charge in [0.05, 0.1) is 0 Å². The van der Waals surface area contributed by atoms with Crippen LogP contribution in [0.1, 0.15) is 41.8 Å². The summed E-state index contributed by atoms with van der Waals surface area (Å²) in [6.45, 7) is 0. The number of hydrogen-bond donors (Lipinski definition) is 1. The standard InChI is InChI=1S/C18H15FO2/c19-15-7-3-4-12-10-16(21-18(12)15)17(20)14-6-2-1-5-13(14)11-8-9-11/h1-7,10-11,17,20H,8-9H2. The molecule has 1 N–H and O–H groups in total. The highest BCUT2D eigenvalue weighted by Crippen LogP contribution is 2.44. The van der Waals surface area contributed by atoms with Crippen molar-refractivity contribution in [2.24, 2.45) is 0 Å². The molecule has 2 nitrogen and oxygen atoms in total. The van der Waals surface area contributed by atoms with Gasteiger partial charge in [0.2, 0.25) is 0 Å². The number of halogens is 1. The molecule has 3 heteroatoms. The first-order valence-corrected chi connectivity index (χ1v) is 7.19. The van der Waals surface area contributed by atoms with E-state index in [0.717, 1.165) is 5.56 Å². The van der Waals surface area contributed by atoms with Gasteiger partial charge in [-0.05, 0) is 42.0 Å². The maximum atomic E-state index is 13.7. The summed E-state index contributed by atoms with van der Waals surface area (Å²) < 4.78 is 19.3. The fraction of sp³-hybridized carbons (Fsp3) is 0.222. The van der Waals surface area contributed by atoms with Crippen LogP contribution in [0.2, 0.25) is 0 Å². The Labute approximate surface area is 121 Å². The first kappa shape index (κ1) is 12.6. The highest BCUT2D eigenvalue weighted by atomic mass is 19.1. The number of para-hydroxylation sites is 1. The monoisotopic (exact) mass is 282 g/mol. The molecule has 4 rings (SSSR count). The van der Waals surface area contributed by atoms with Crippen molar-refractivity contribution >= 4 is 11.0 Å². The lowest BCUT2D eigenvalue weighted by Gasteiger charge is -2.13. The van der Waals surface area contributed by atoms with Crippen molar-refractivity contribution in [3.63, 3.8) is 0 Å². The predicted octanol–water partition coefficient (Wildman–Crippen LogP) is 4.53. The van der Waals surface area contributed by atoms with E-state index < -0.39 is 11.9 Å². The van der Waals surface area contributed by atoms with Crippen molar-refractivity contribution in [1.82, 2.24) is 0 Å². The lowest BCUT2D eigenvalue weighted by atomic mass is 9.97. The summed E-state index contributed by atoms with van der Waals surface area (Å²) in [5.74, 6) is 0.529. The first-order chi connectivity index (χ1) is 10.2. The second-order valence-corrected chi connectivity index (χ2v) is 5.61. The smallest absolute Gasteiger partial charge is 0.170 e. The molecular weight excluding hydrogens is 267 g/mol. The third-order valence-electron chi connectivity index (χ3n) is 4.09. The molecule has 0 spiro atoms. The average molecular weight is 282 g/mol. The molecule has 1 unspecified atom stereocenters. The average Bonchev–Trinajstić information content (AvgIpc) is 3.25. The number of rotatable bonds is 3. The van der Waals surface area contributed by atoms with Gasteiger partial charge in [-0.25, -0.2) is 4.39 Å². The zero-order chi connectivity index (χ0) is 14.4. The summed E-state index contributed by atoms with van der Waals surface area (Å²) in [6, 6.07) is 14.4. The van der Waals surface area contributed by atoms with Crippen molar-refractivity contribution in [1.29, 1.82) is 0 Å². The Morgan fingerprint density at radius 1 is 1.10 bits per heavy atom. The van der Waals surface area contributed by atoms with Gasteiger partial charge in [-0.2, -0.15) is 0 Å². The predicted molar refractivity (Wildman–Crippen MR) is 78.7 cm³/mol. The van der Waals surface area contributed by atoms with Crippen molar-refractivity contribution in [2.45, 2.75) is 24.9 Å². The molecule has 1 aromatic heterocycles. The zero-order valence-corrected chi connectivity index (χ0v) is 11.4. The number of furan rings is 1. The van der Waals surface area contributed by atoms with Crippen LogP contribution in [0.15, 0.2) is 52.9 Å². The van der Waals surface area contributed by atoms with E-state index in [0.29, 0.717) is 17.1 Å². The Kier molecular flexibility index (Phi) is 2.82. The summed E-state index contributed by atoms with van der Waals surface area (Å²) >= 11 is 0. The van der Waals surface area contributed by atoms with Gasteiger partial charge in [-0.1, -0.05) is 36.4 Å². The van der Waals surface area contributed by atoms with Crippen LogP contribution in [0.4, 0.5) is 4.39 Å². The van der Waals surface area contributed by atoms with Gasteiger partial charge in [0, 0.05) is 5.39 Å². The lowest BCUT2D eigenvalue weighted by molar-refractivity contribution is 0.191. The van der Waals surface area contributed by atoms with Gasteiger partial charge < -0.3 is 9.52 Å². The van der Waals surface area contributed by atoms with Crippen LogP contribution in [0.3, 0.4) is 0 Å². The van der Waals surface area contributed by atoms with Crippen molar-refractivity contribution in [3.8, 4) is 0 Å². The van der Waals surface area contributed by atoms with Crippen LogP contribution < -0.4 is 0 Å². The van der Waals surface area contributed by atoms with Crippen molar-refractivity contribution < 1.29 is 13.9 Å². The first-order valence-electron chi connectivity index (χ1n) is 7.19. The highest BCUT2D eigenvalue weighted by molar-refractivity contribution is 5.78. The minimum Gasteiger partial charge on any atom is -0.455 e. The molecule has 1 saturated carbocycles. The fourth-order valence-corrected chi connectivity index (χ4v) is 2.86. The van der Waals surface area contributed by atoms with Crippen molar-refractivity contribution in [2.75, 3.05) is 0 Å². The SMILES string of the molecule is OC(c1cc2cccc(F)c2o1)c1ccccc1C1CC1. The molecule has 3 aromatic rings. The Hall–Kier alpha value is -2.13. The Bertz CT molecular complexity index is 802. The number of fused-ring (bicyclic) bond motifs is 1. The van der Waals surface area contributed by atoms with Crippen LogP contribution >= 0.6 is 0 Å². The quantitative estimate of drug-likeness (QED) is 0.765. The molecule has 0 radical (unpaired) electrons. The van der Waals surface area contributed by atoms with E-state index in [1.807, 2.05) is 18.2 Å². The molecule has 0 bridgehead atoms. The maximum Gasteiger partial charge on any atom is 0.170 e. The van der Waals surface area contributed by atoms with E-state index in [4.69, 9.17) is 4.42 Å². The van der Waals surface area contributed by atoms with Crippen LogP contribution in [0.25, 0.3) is 11.0 Å². The molecule has 0 saturated heterocycles. The minimum absolute atomic E-state index is 0.204. The van der Waals surface area contributed by atoms with Gasteiger partial charge in [0.15, 0.2) is 11.4 Å². The number of aliphatic hydroxyl groups excluding tert-OH is 1. The molecular formula is C18H15FO2. The Balaban J connectivity index is 1.79. The van der Waals surface area contributed by atoms with E-state index in [9.17, 15) is 9.50 Å². The summed E-state index contributed by atoms with van der Waals surface area (Å²) in [7, 11) is 0. The number of aliphatic hydroxyl groups is 1. The number of benzene rings is 2. The molecule has 106 valence electrons. The van der Waals surface area contributed by atoms with E-state index in [2.05, 4.69) is 6.07 Å². The van der Waals surface area contributed by atoms with E-state index >= 15 is 0 Å². The third-order valence-corrected chi connectivity index (χ3v) is 4.09. The van der Waals surface area contributed by atoms with E-state index in [1.165, 1.54) is 24.5 Å². The summed E-state index contributed by atoms with van der Waals surface area (Å²) in [5, 5.41) is 11.3. The summed E-state index contributed by atoms with van der Waals surface area (Å²) in [6.07, 6.45) is 1.48.